The summed E-state index contributed by atoms with van der Waals surface area (Å²) in [5.41, 5.74) is 1.56. The van der Waals surface area contributed by atoms with Crippen LogP contribution in [0.1, 0.15) is 32.4 Å². The Kier molecular flexibility index (Phi) is 5.70. The fourth-order valence-corrected chi connectivity index (χ4v) is 3.23. The normalized spacial score (nSPS) is 13.3. The standard InChI is InChI=1S/C23H27N5O2/c1-14(2)25-23(29)27-19-10-11-20(18-7-5-4-6-17(18)19)30-21-12-15(3)26-22(28-21)24-13-16-8-9-16/h4-7,10-12,14,16H,8-9,13H2,1-3H3,(H,24,26,28)(H2,25,27,29). The number of nitrogens with one attached hydrogen (secondary N) is 3. The largest absolute Gasteiger partial charge is 0.438 e. The van der Waals surface area contributed by atoms with Gasteiger partial charge >= 0.3 is 6.03 Å². The number of hydrogen-bond donors (Lipinski definition) is 3. The van der Waals surface area contributed by atoms with Crippen molar-refractivity contribution in [3.8, 4) is 11.6 Å². The summed E-state index contributed by atoms with van der Waals surface area (Å²) in [6.45, 7) is 6.66. The molecule has 30 heavy (non-hydrogen) atoms. The van der Waals surface area contributed by atoms with Crippen molar-refractivity contribution in [2.24, 2.45) is 5.92 Å². The van der Waals surface area contributed by atoms with E-state index in [1.807, 2.05) is 63.2 Å². The van der Waals surface area contributed by atoms with E-state index in [2.05, 4.69) is 25.9 Å². The second-order valence-corrected chi connectivity index (χ2v) is 8.01. The third-order valence-corrected chi connectivity index (χ3v) is 4.84. The molecular weight excluding hydrogens is 378 g/mol. The highest BCUT2D eigenvalue weighted by molar-refractivity contribution is 6.03. The molecular formula is C23H27N5O2. The summed E-state index contributed by atoms with van der Waals surface area (Å²) < 4.78 is 6.14. The highest BCUT2D eigenvalue weighted by Gasteiger charge is 2.21. The van der Waals surface area contributed by atoms with E-state index in [1.165, 1.54) is 12.8 Å². The van der Waals surface area contributed by atoms with Crippen LogP contribution in [0, 0.1) is 12.8 Å². The van der Waals surface area contributed by atoms with Crippen LogP contribution in [0.4, 0.5) is 16.4 Å². The van der Waals surface area contributed by atoms with E-state index < -0.39 is 0 Å². The molecule has 4 rings (SSSR count). The van der Waals surface area contributed by atoms with E-state index in [4.69, 9.17) is 4.74 Å². The first-order chi connectivity index (χ1) is 14.5. The number of carbonyl (C=O) groups is 1. The van der Waals surface area contributed by atoms with Gasteiger partial charge in [-0.25, -0.2) is 9.78 Å². The van der Waals surface area contributed by atoms with Gasteiger partial charge in [0.1, 0.15) is 5.75 Å². The summed E-state index contributed by atoms with van der Waals surface area (Å²) >= 11 is 0. The molecule has 3 N–H and O–H groups in total. The molecule has 0 atom stereocenters. The molecule has 0 spiro atoms. The molecule has 3 aromatic rings. The third kappa shape index (κ3) is 4.97. The fraction of sp³-hybridized carbons (Fsp3) is 0.348. The van der Waals surface area contributed by atoms with Crippen LogP contribution in [0.25, 0.3) is 10.8 Å². The number of nitrogens with zero attached hydrogens (tertiary/aromatic N) is 2. The van der Waals surface area contributed by atoms with Crippen molar-refractivity contribution in [2.45, 2.75) is 39.7 Å². The Labute approximate surface area is 176 Å². The van der Waals surface area contributed by atoms with E-state index in [0.717, 1.165) is 34.6 Å². The van der Waals surface area contributed by atoms with Gasteiger partial charge in [0.15, 0.2) is 0 Å². The van der Waals surface area contributed by atoms with Gasteiger partial charge in [0.2, 0.25) is 11.8 Å². The first kappa shape index (κ1) is 19.9. The van der Waals surface area contributed by atoms with Crippen molar-refractivity contribution >= 4 is 28.4 Å². The van der Waals surface area contributed by atoms with E-state index >= 15 is 0 Å². The number of aromatic nitrogens is 2. The maximum atomic E-state index is 12.2. The van der Waals surface area contributed by atoms with Gasteiger partial charge in [0, 0.05) is 35.1 Å². The predicted molar refractivity (Wildman–Crippen MR) is 119 cm³/mol. The zero-order chi connectivity index (χ0) is 21.1. The summed E-state index contributed by atoms with van der Waals surface area (Å²) in [7, 11) is 0. The summed E-state index contributed by atoms with van der Waals surface area (Å²) in [6, 6.07) is 13.1. The average molecular weight is 406 g/mol. The topological polar surface area (TPSA) is 88.2 Å². The molecule has 0 radical (unpaired) electrons. The number of aryl methyl sites for hydroxylation is 1. The van der Waals surface area contributed by atoms with Gasteiger partial charge in [-0.3, -0.25) is 0 Å². The van der Waals surface area contributed by atoms with Crippen LogP contribution in [-0.2, 0) is 0 Å². The molecule has 7 nitrogen and oxygen atoms in total. The molecule has 1 aliphatic rings. The van der Waals surface area contributed by atoms with Crippen LogP contribution >= 0.6 is 0 Å². The molecule has 0 unspecified atom stereocenters. The zero-order valence-electron chi connectivity index (χ0n) is 17.5. The number of ether oxygens (including phenoxy) is 1. The Balaban J connectivity index is 1.59. The maximum absolute atomic E-state index is 12.2. The highest BCUT2D eigenvalue weighted by atomic mass is 16.5. The Morgan fingerprint density at radius 1 is 1.13 bits per heavy atom. The number of carbonyl (C=O) groups excluding carboxylic acids is 1. The lowest BCUT2D eigenvalue weighted by Crippen LogP contribution is -2.34. The molecule has 1 heterocycles. The molecule has 2 amide bonds. The van der Waals surface area contributed by atoms with E-state index in [1.54, 1.807) is 0 Å². The van der Waals surface area contributed by atoms with Crippen LogP contribution in [0.3, 0.4) is 0 Å². The Bertz CT molecular complexity index is 1060. The van der Waals surface area contributed by atoms with Crippen LogP contribution in [-0.4, -0.2) is 28.6 Å². The first-order valence-electron chi connectivity index (χ1n) is 10.3. The molecule has 1 saturated carbocycles. The fourth-order valence-electron chi connectivity index (χ4n) is 3.23. The minimum Gasteiger partial charge on any atom is -0.438 e. The van der Waals surface area contributed by atoms with Crippen molar-refractivity contribution in [1.82, 2.24) is 15.3 Å². The Morgan fingerprint density at radius 3 is 2.63 bits per heavy atom. The molecule has 7 heteroatoms. The lowest BCUT2D eigenvalue weighted by Gasteiger charge is -2.15. The number of anilines is 2. The Hall–Kier alpha value is -3.35. The smallest absolute Gasteiger partial charge is 0.319 e. The van der Waals surface area contributed by atoms with Gasteiger partial charge in [-0.15, -0.1) is 0 Å². The molecule has 0 aliphatic heterocycles. The van der Waals surface area contributed by atoms with Crippen LogP contribution in [0.15, 0.2) is 42.5 Å². The third-order valence-electron chi connectivity index (χ3n) is 4.84. The number of rotatable bonds is 7. The van der Waals surface area contributed by atoms with Crippen LogP contribution < -0.4 is 20.7 Å². The lowest BCUT2D eigenvalue weighted by atomic mass is 10.1. The van der Waals surface area contributed by atoms with Gasteiger partial charge in [-0.05, 0) is 51.7 Å². The predicted octanol–water partition coefficient (Wildman–Crippen LogP) is 5.08. The van der Waals surface area contributed by atoms with Crippen molar-refractivity contribution in [3.05, 3.63) is 48.2 Å². The maximum Gasteiger partial charge on any atom is 0.319 e. The monoisotopic (exact) mass is 405 g/mol. The van der Waals surface area contributed by atoms with E-state index in [9.17, 15) is 4.79 Å². The number of urea groups is 1. The molecule has 1 aromatic heterocycles. The number of hydrogen-bond acceptors (Lipinski definition) is 5. The minimum absolute atomic E-state index is 0.0580. The molecule has 1 fully saturated rings. The average Bonchev–Trinajstić information content (AvgIpc) is 3.52. The van der Waals surface area contributed by atoms with Gasteiger partial charge in [0.25, 0.3) is 0 Å². The zero-order valence-corrected chi connectivity index (χ0v) is 17.5. The van der Waals surface area contributed by atoms with Gasteiger partial charge < -0.3 is 20.7 Å². The minimum atomic E-state index is -0.235. The number of benzene rings is 2. The van der Waals surface area contributed by atoms with Gasteiger partial charge in [-0.1, -0.05) is 24.3 Å². The van der Waals surface area contributed by atoms with Crippen LogP contribution in [0.2, 0.25) is 0 Å². The van der Waals surface area contributed by atoms with Crippen molar-refractivity contribution in [2.75, 3.05) is 17.2 Å². The molecule has 156 valence electrons. The molecule has 1 aliphatic carbocycles. The first-order valence-corrected chi connectivity index (χ1v) is 10.3. The summed E-state index contributed by atoms with van der Waals surface area (Å²) in [5, 5.41) is 10.8. The quantitative estimate of drug-likeness (QED) is 0.510. The van der Waals surface area contributed by atoms with Gasteiger partial charge in [-0.2, -0.15) is 4.98 Å². The molecule has 0 bridgehead atoms. The highest BCUT2D eigenvalue weighted by Crippen LogP contribution is 2.34. The van der Waals surface area contributed by atoms with Crippen molar-refractivity contribution in [1.29, 1.82) is 0 Å². The summed E-state index contributed by atoms with van der Waals surface area (Å²) in [4.78, 5) is 21.1. The number of amides is 2. The second-order valence-electron chi connectivity index (χ2n) is 8.01. The van der Waals surface area contributed by atoms with Crippen molar-refractivity contribution in [3.63, 3.8) is 0 Å². The van der Waals surface area contributed by atoms with Crippen molar-refractivity contribution < 1.29 is 9.53 Å². The van der Waals surface area contributed by atoms with E-state index in [0.29, 0.717) is 17.6 Å². The summed E-state index contributed by atoms with van der Waals surface area (Å²) in [6.07, 6.45) is 2.54. The Morgan fingerprint density at radius 2 is 1.90 bits per heavy atom. The SMILES string of the molecule is Cc1cc(Oc2ccc(NC(=O)NC(C)C)c3ccccc23)nc(NCC2CC2)n1. The van der Waals surface area contributed by atoms with Crippen LogP contribution in [0.5, 0.6) is 11.6 Å². The molecule has 2 aromatic carbocycles. The second kappa shape index (κ2) is 8.57. The van der Waals surface area contributed by atoms with Gasteiger partial charge in [0.05, 0.1) is 5.69 Å². The molecule has 0 saturated heterocycles. The summed E-state index contributed by atoms with van der Waals surface area (Å²) in [5.74, 6) is 2.48. The number of fused-ring (bicyclic) bond motifs is 1. The van der Waals surface area contributed by atoms with E-state index in [-0.39, 0.29) is 12.1 Å². The lowest BCUT2D eigenvalue weighted by molar-refractivity contribution is 0.250.